The standard InChI is InChI=1S/C21H24N6O2/c1-13(2)29-20-8-5-16(11-24-20)10-23-19(28)7-6-18-14(3)26-21-17(9-22)12-25-27(21)15(18)4/h5,8,11-13H,6-7,10H2,1-4H3,(H,23,28). The lowest BCUT2D eigenvalue weighted by Gasteiger charge is -2.12. The SMILES string of the molecule is Cc1nc2c(C#N)cnn2c(C)c1CCC(=O)NCc1ccc(OC(C)C)nc1. The van der Waals surface area contributed by atoms with E-state index in [1.165, 1.54) is 6.20 Å². The highest BCUT2D eigenvalue weighted by atomic mass is 16.5. The van der Waals surface area contributed by atoms with Gasteiger partial charge in [-0.05, 0) is 45.2 Å². The third-order valence-electron chi connectivity index (χ3n) is 4.57. The van der Waals surface area contributed by atoms with Gasteiger partial charge >= 0.3 is 0 Å². The van der Waals surface area contributed by atoms with Gasteiger partial charge in [0.15, 0.2) is 5.65 Å². The molecule has 8 heteroatoms. The molecular weight excluding hydrogens is 368 g/mol. The Hall–Kier alpha value is -3.47. The van der Waals surface area contributed by atoms with Crippen molar-refractivity contribution in [3.8, 4) is 11.9 Å². The van der Waals surface area contributed by atoms with Gasteiger partial charge in [-0.1, -0.05) is 6.07 Å². The van der Waals surface area contributed by atoms with Crippen LogP contribution in [0.1, 0.15) is 48.3 Å². The molecule has 8 nitrogen and oxygen atoms in total. The first kappa shape index (κ1) is 20.3. The van der Waals surface area contributed by atoms with Crippen LogP contribution < -0.4 is 10.1 Å². The summed E-state index contributed by atoms with van der Waals surface area (Å²) in [4.78, 5) is 21.0. The molecule has 3 aromatic rings. The molecule has 0 bridgehead atoms. The number of ether oxygens (including phenoxy) is 1. The third kappa shape index (κ3) is 4.69. The number of carbonyl (C=O) groups excluding carboxylic acids is 1. The van der Waals surface area contributed by atoms with Gasteiger partial charge in [-0.2, -0.15) is 10.4 Å². The molecule has 0 atom stereocenters. The molecule has 150 valence electrons. The monoisotopic (exact) mass is 392 g/mol. The van der Waals surface area contributed by atoms with Gasteiger partial charge in [-0.3, -0.25) is 4.79 Å². The molecule has 0 unspecified atom stereocenters. The van der Waals surface area contributed by atoms with Gasteiger partial charge in [0.05, 0.1) is 12.3 Å². The minimum absolute atomic E-state index is 0.0513. The number of amides is 1. The lowest BCUT2D eigenvalue weighted by Crippen LogP contribution is -2.23. The quantitative estimate of drug-likeness (QED) is 0.663. The van der Waals surface area contributed by atoms with E-state index in [2.05, 4.69) is 26.5 Å². The molecule has 0 aromatic carbocycles. The number of hydrogen-bond acceptors (Lipinski definition) is 6. The second-order valence-electron chi connectivity index (χ2n) is 7.11. The Morgan fingerprint density at radius 3 is 2.76 bits per heavy atom. The maximum absolute atomic E-state index is 12.3. The van der Waals surface area contributed by atoms with Gasteiger partial charge < -0.3 is 10.1 Å². The maximum Gasteiger partial charge on any atom is 0.220 e. The molecule has 0 spiro atoms. The minimum atomic E-state index is -0.0513. The van der Waals surface area contributed by atoms with E-state index >= 15 is 0 Å². The summed E-state index contributed by atoms with van der Waals surface area (Å²) in [7, 11) is 0. The van der Waals surface area contributed by atoms with Crippen molar-refractivity contribution in [3.63, 3.8) is 0 Å². The highest BCUT2D eigenvalue weighted by Gasteiger charge is 2.14. The molecule has 0 aliphatic carbocycles. The fourth-order valence-corrected chi connectivity index (χ4v) is 3.11. The van der Waals surface area contributed by atoms with Crippen LogP contribution in [0.25, 0.3) is 5.65 Å². The summed E-state index contributed by atoms with van der Waals surface area (Å²) in [6.45, 7) is 8.12. The van der Waals surface area contributed by atoms with E-state index in [1.807, 2.05) is 33.8 Å². The Balaban J connectivity index is 1.59. The Kier molecular flexibility index (Phi) is 6.07. The summed E-state index contributed by atoms with van der Waals surface area (Å²) in [6, 6.07) is 5.79. The zero-order valence-electron chi connectivity index (χ0n) is 17.1. The number of aromatic nitrogens is 4. The van der Waals surface area contributed by atoms with E-state index in [4.69, 9.17) is 10.00 Å². The van der Waals surface area contributed by atoms with Gasteiger partial charge in [0.1, 0.15) is 11.6 Å². The number of rotatable bonds is 7. The predicted octanol–water partition coefficient (Wildman–Crippen LogP) is 2.65. The van der Waals surface area contributed by atoms with E-state index in [9.17, 15) is 4.79 Å². The second-order valence-corrected chi connectivity index (χ2v) is 7.11. The van der Waals surface area contributed by atoms with Gasteiger partial charge in [-0.25, -0.2) is 14.5 Å². The highest BCUT2D eigenvalue weighted by molar-refractivity contribution is 5.76. The summed E-state index contributed by atoms with van der Waals surface area (Å²) in [5.74, 6) is 0.520. The summed E-state index contributed by atoms with van der Waals surface area (Å²) < 4.78 is 7.17. The van der Waals surface area contributed by atoms with E-state index in [-0.39, 0.29) is 12.0 Å². The minimum Gasteiger partial charge on any atom is -0.475 e. The molecule has 1 N–H and O–H groups in total. The van der Waals surface area contributed by atoms with Crippen LogP contribution in [0.3, 0.4) is 0 Å². The Morgan fingerprint density at radius 2 is 2.10 bits per heavy atom. The summed E-state index contributed by atoms with van der Waals surface area (Å²) >= 11 is 0. The molecule has 0 saturated heterocycles. The first-order valence-electron chi connectivity index (χ1n) is 9.51. The fraction of sp³-hybridized carbons (Fsp3) is 0.381. The van der Waals surface area contributed by atoms with Crippen molar-refractivity contribution in [1.82, 2.24) is 24.9 Å². The molecule has 0 saturated carbocycles. The maximum atomic E-state index is 12.3. The van der Waals surface area contributed by atoms with Crippen LogP contribution in [-0.2, 0) is 17.8 Å². The van der Waals surface area contributed by atoms with Crippen molar-refractivity contribution in [2.45, 2.75) is 53.2 Å². The van der Waals surface area contributed by atoms with Crippen LogP contribution in [0.4, 0.5) is 0 Å². The molecule has 3 heterocycles. The largest absolute Gasteiger partial charge is 0.475 e. The number of nitrogens with one attached hydrogen (secondary N) is 1. The second kappa shape index (κ2) is 8.69. The van der Waals surface area contributed by atoms with E-state index in [1.54, 1.807) is 16.8 Å². The third-order valence-corrected chi connectivity index (χ3v) is 4.57. The smallest absolute Gasteiger partial charge is 0.220 e. The number of fused-ring (bicyclic) bond motifs is 1. The van der Waals surface area contributed by atoms with Crippen molar-refractivity contribution in [3.05, 3.63) is 52.6 Å². The molecule has 1 amide bonds. The average Bonchev–Trinajstić information content (AvgIpc) is 3.09. The van der Waals surface area contributed by atoms with Crippen LogP contribution in [0, 0.1) is 25.2 Å². The number of nitriles is 1. The normalized spacial score (nSPS) is 10.9. The van der Waals surface area contributed by atoms with Crippen LogP contribution in [0.5, 0.6) is 5.88 Å². The predicted molar refractivity (Wildman–Crippen MR) is 107 cm³/mol. The molecular formula is C21H24N6O2. The number of nitrogens with zero attached hydrogens (tertiary/aromatic N) is 5. The number of aryl methyl sites for hydroxylation is 2. The van der Waals surface area contributed by atoms with Crippen LogP contribution >= 0.6 is 0 Å². The Bertz CT molecular complexity index is 1060. The molecule has 3 rings (SSSR count). The van der Waals surface area contributed by atoms with E-state index < -0.39 is 0 Å². The van der Waals surface area contributed by atoms with Crippen molar-refractivity contribution >= 4 is 11.6 Å². The molecule has 0 aliphatic rings. The molecule has 29 heavy (non-hydrogen) atoms. The first-order chi connectivity index (χ1) is 13.9. The van der Waals surface area contributed by atoms with Gasteiger partial charge in [-0.15, -0.1) is 0 Å². The van der Waals surface area contributed by atoms with Crippen molar-refractivity contribution < 1.29 is 9.53 Å². The lowest BCUT2D eigenvalue weighted by atomic mass is 10.1. The lowest BCUT2D eigenvalue weighted by molar-refractivity contribution is -0.121. The molecule has 3 aromatic heterocycles. The first-order valence-corrected chi connectivity index (χ1v) is 9.51. The topological polar surface area (TPSA) is 105 Å². The zero-order chi connectivity index (χ0) is 21.0. The van der Waals surface area contributed by atoms with Crippen molar-refractivity contribution in [1.29, 1.82) is 5.26 Å². The number of hydrogen-bond donors (Lipinski definition) is 1. The Labute approximate surface area is 169 Å². The van der Waals surface area contributed by atoms with Crippen molar-refractivity contribution in [2.75, 3.05) is 0 Å². The van der Waals surface area contributed by atoms with Gasteiger partial charge in [0, 0.05) is 36.6 Å². The summed E-state index contributed by atoms with van der Waals surface area (Å²) in [5.41, 5.74) is 4.58. The Morgan fingerprint density at radius 1 is 1.31 bits per heavy atom. The van der Waals surface area contributed by atoms with Crippen molar-refractivity contribution in [2.24, 2.45) is 0 Å². The van der Waals surface area contributed by atoms with Gasteiger partial charge in [0.2, 0.25) is 11.8 Å². The molecule has 0 radical (unpaired) electrons. The number of pyridine rings is 1. The van der Waals surface area contributed by atoms with Crippen LogP contribution in [0.2, 0.25) is 0 Å². The van der Waals surface area contributed by atoms with E-state index in [0.717, 1.165) is 22.5 Å². The van der Waals surface area contributed by atoms with Gasteiger partial charge in [0.25, 0.3) is 0 Å². The number of carbonyl (C=O) groups is 1. The molecule has 0 aliphatic heterocycles. The van der Waals surface area contributed by atoms with E-state index in [0.29, 0.717) is 36.5 Å². The fourth-order valence-electron chi connectivity index (χ4n) is 3.11. The highest BCUT2D eigenvalue weighted by Crippen LogP contribution is 2.18. The van der Waals surface area contributed by atoms with Crippen LogP contribution in [0.15, 0.2) is 24.5 Å². The summed E-state index contributed by atoms with van der Waals surface area (Å²) in [6.07, 6.45) is 4.17. The van der Waals surface area contributed by atoms with Crippen LogP contribution in [-0.4, -0.2) is 31.6 Å². The summed E-state index contributed by atoms with van der Waals surface area (Å²) in [5, 5.41) is 16.3. The zero-order valence-corrected chi connectivity index (χ0v) is 17.1. The molecule has 0 fully saturated rings. The average molecular weight is 392 g/mol.